The minimum atomic E-state index is -0.0803. The van der Waals surface area contributed by atoms with E-state index in [1.165, 1.54) is 25.7 Å². The van der Waals surface area contributed by atoms with Crippen LogP contribution in [0.3, 0.4) is 0 Å². The van der Waals surface area contributed by atoms with E-state index in [-0.39, 0.29) is 5.91 Å². The number of benzene rings is 1. The normalized spacial score (nSPS) is 22.3. The summed E-state index contributed by atoms with van der Waals surface area (Å²) in [5.74, 6) is 0.497. The lowest BCUT2D eigenvalue weighted by Gasteiger charge is -2.32. The van der Waals surface area contributed by atoms with Gasteiger partial charge in [-0.05, 0) is 63.9 Å². The van der Waals surface area contributed by atoms with Crippen LogP contribution in [-0.4, -0.2) is 37.5 Å². The van der Waals surface area contributed by atoms with Gasteiger partial charge in [0.25, 0.3) is 5.91 Å². The van der Waals surface area contributed by atoms with E-state index >= 15 is 0 Å². The zero-order valence-electron chi connectivity index (χ0n) is 12.5. The summed E-state index contributed by atoms with van der Waals surface area (Å²) in [6.45, 7) is 0.735. The third kappa shape index (κ3) is 4.60. The molecule has 0 spiro atoms. The molecule has 1 aliphatic rings. The second-order valence-corrected chi connectivity index (χ2v) is 6.79. The van der Waals surface area contributed by atoms with Crippen LogP contribution < -0.4 is 5.32 Å². The van der Waals surface area contributed by atoms with Crippen molar-refractivity contribution in [2.75, 3.05) is 20.6 Å². The van der Waals surface area contributed by atoms with Crippen molar-refractivity contribution in [2.45, 2.75) is 31.7 Å². The van der Waals surface area contributed by atoms with Gasteiger partial charge in [-0.15, -0.1) is 0 Å². The maximum absolute atomic E-state index is 12.1. The number of hydrogen-bond donors (Lipinski definition) is 1. The quantitative estimate of drug-likeness (QED) is 0.910. The second kappa shape index (κ2) is 7.48. The van der Waals surface area contributed by atoms with E-state index < -0.39 is 0 Å². The number of carbonyl (C=O) groups excluding carboxylic acids is 1. The van der Waals surface area contributed by atoms with Gasteiger partial charge >= 0.3 is 0 Å². The summed E-state index contributed by atoms with van der Waals surface area (Å²) < 4.78 is 0. The summed E-state index contributed by atoms with van der Waals surface area (Å²) in [5.41, 5.74) is 0.561. The van der Waals surface area contributed by atoms with Crippen molar-refractivity contribution in [1.82, 2.24) is 10.2 Å². The third-order valence-electron chi connectivity index (χ3n) is 4.28. The van der Waals surface area contributed by atoms with Crippen LogP contribution in [0.25, 0.3) is 0 Å². The van der Waals surface area contributed by atoms with Crippen LogP contribution in [0, 0.1) is 5.92 Å². The minimum Gasteiger partial charge on any atom is -0.352 e. The van der Waals surface area contributed by atoms with Crippen molar-refractivity contribution < 1.29 is 4.79 Å². The molecule has 0 aliphatic heterocycles. The van der Waals surface area contributed by atoms with Crippen LogP contribution in [0.2, 0.25) is 10.0 Å². The lowest BCUT2D eigenvalue weighted by Crippen LogP contribution is -2.36. The Morgan fingerprint density at radius 1 is 1.19 bits per heavy atom. The van der Waals surface area contributed by atoms with Gasteiger partial charge in [-0.25, -0.2) is 0 Å². The fourth-order valence-corrected chi connectivity index (χ4v) is 3.14. The predicted molar refractivity (Wildman–Crippen MR) is 88.2 cm³/mol. The average Bonchev–Trinajstić information content (AvgIpc) is 2.48. The number of rotatable bonds is 4. The van der Waals surface area contributed by atoms with Crippen molar-refractivity contribution in [1.29, 1.82) is 0 Å². The fourth-order valence-electron chi connectivity index (χ4n) is 2.84. The molecule has 1 saturated carbocycles. The van der Waals surface area contributed by atoms with Gasteiger partial charge in [0.1, 0.15) is 0 Å². The molecule has 0 saturated heterocycles. The van der Waals surface area contributed by atoms with Gasteiger partial charge in [0.2, 0.25) is 0 Å². The molecule has 21 heavy (non-hydrogen) atoms. The van der Waals surface area contributed by atoms with E-state index in [1.54, 1.807) is 18.2 Å². The first-order valence-corrected chi connectivity index (χ1v) is 8.12. The van der Waals surface area contributed by atoms with Gasteiger partial charge in [-0.3, -0.25) is 4.79 Å². The summed E-state index contributed by atoms with van der Waals surface area (Å²) in [4.78, 5) is 14.4. The Morgan fingerprint density at radius 2 is 1.86 bits per heavy atom. The van der Waals surface area contributed by atoms with Crippen LogP contribution in [0.1, 0.15) is 36.0 Å². The minimum absolute atomic E-state index is 0.0803. The first-order valence-electron chi connectivity index (χ1n) is 7.37. The number of hydrogen-bond acceptors (Lipinski definition) is 2. The lowest BCUT2D eigenvalue weighted by atomic mass is 9.85. The molecule has 0 unspecified atom stereocenters. The predicted octanol–water partition coefficient (Wildman–Crippen LogP) is 3.84. The van der Waals surface area contributed by atoms with E-state index in [1.807, 2.05) is 0 Å². The van der Waals surface area contributed by atoms with Gasteiger partial charge in [-0.2, -0.15) is 0 Å². The molecule has 0 bridgehead atoms. The van der Waals surface area contributed by atoms with Crippen molar-refractivity contribution in [3.8, 4) is 0 Å². The van der Waals surface area contributed by atoms with Crippen LogP contribution in [-0.2, 0) is 0 Å². The Bertz CT molecular complexity index is 497. The molecule has 0 heterocycles. The van der Waals surface area contributed by atoms with E-state index in [0.29, 0.717) is 27.6 Å². The topological polar surface area (TPSA) is 32.3 Å². The molecule has 5 heteroatoms. The molecule has 1 fully saturated rings. The smallest absolute Gasteiger partial charge is 0.251 e. The molecular weight excluding hydrogens is 307 g/mol. The molecule has 0 atom stereocenters. The first kappa shape index (κ1) is 16.6. The number of nitrogens with zero attached hydrogens (tertiary/aromatic N) is 1. The Labute approximate surface area is 136 Å². The highest BCUT2D eigenvalue weighted by Crippen LogP contribution is 2.26. The lowest BCUT2D eigenvalue weighted by molar-refractivity contribution is 0.0938. The van der Waals surface area contributed by atoms with E-state index in [2.05, 4.69) is 24.3 Å². The molecule has 0 aromatic heterocycles. The van der Waals surface area contributed by atoms with Crippen LogP contribution in [0.4, 0.5) is 0 Å². The van der Waals surface area contributed by atoms with Gasteiger partial charge < -0.3 is 10.2 Å². The maximum Gasteiger partial charge on any atom is 0.251 e. The number of amides is 1. The summed E-state index contributed by atoms with van der Waals surface area (Å²) in [6.07, 6.45) is 4.76. The molecular formula is C16H22Cl2N2O. The Morgan fingerprint density at radius 3 is 2.43 bits per heavy atom. The molecule has 3 nitrogen and oxygen atoms in total. The van der Waals surface area contributed by atoms with Gasteiger partial charge in [0.05, 0.1) is 10.0 Å². The molecule has 1 aromatic rings. The SMILES string of the molecule is CN(C)C1CCC(CNC(=O)c2ccc(Cl)c(Cl)c2)CC1. The number of halogens is 2. The zero-order chi connectivity index (χ0) is 15.4. The van der Waals surface area contributed by atoms with Gasteiger partial charge in [-0.1, -0.05) is 23.2 Å². The van der Waals surface area contributed by atoms with Crippen molar-refractivity contribution >= 4 is 29.1 Å². The van der Waals surface area contributed by atoms with Crippen LogP contribution >= 0.6 is 23.2 Å². The molecule has 1 amide bonds. The summed E-state index contributed by atoms with van der Waals surface area (Å²) >= 11 is 11.8. The number of nitrogens with one attached hydrogen (secondary N) is 1. The summed E-state index contributed by atoms with van der Waals surface area (Å²) in [5, 5.41) is 3.89. The van der Waals surface area contributed by atoms with Crippen molar-refractivity contribution in [2.24, 2.45) is 5.92 Å². The highest BCUT2D eigenvalue weighted by Gasteiger charge is 2.22. The van der Waals surface area contributed by atoms with Crippen molar-refractivity contribution in [3.05, 3.63) is 33.8 Å². The molecule has 2 rings (SSSR count). The second-order valence-electron chi connectivity index (χ2n) is 5.98. The monoisotopic (exact) mass is 328 g/mol. The summed E-state index contributed by atoms with van der Waals surface area (Å²) in [7, 11) is 4.27. The van der Waals surface area contributed by atoms with Gasteiger partial charge in [0.15, 0.2) is 0 Å². The Hall–Kier alpha value is -0.770. The van der Waals surface area contributed by atoms with E-state index in [9.17, 15) is 4.79 Å². The van der Waals surface area contributed by atoms with Crippen molar-refractivity contribution in [3.63, 3.8) is 0 Å². The average molecular weight is 329 g/mol. The zero-order valence-corrected chi connectivity index (χ0v) is 14.0. The van der Waals surface area contributed by atoms with Crippen LogP contribution in [0.5, 0.6) is 0 Å². The Kier molecular flexibility index (Phi) is 5.91. The van der Waals surface area contributed by atoms with Crippen LogP contribution in [0.15, 0.2) is 18.2 Å². The van der Waals surface area contributed by atoms with Gasteiger partial charge in [0, 0.05) is 18.2 Å². The number of carbonyl (C=O) groups is 1. The highest BCUT2D eigenvalue weighted by atomic mass is 35.5. The molecule has 1 aromatic carbocycles. The molecule has 1 aliphatic carbocycles. The van der Waals surface area contributed by atoms with E-state index in [0.717, 1.165) is 6.54 Å². The largest absolute Gasteiger partial charge is 0.352 e. The standard InChI is InChI=1S/C16H22Cl2N2O/c1-20(2)13-6-3-11(4-7-13)10-19-16(21)12-5-8-14(17)15(18)9-12/h5,8-9,11,13H,3-4,6-7,10H2,1-2H3,(H,19,21). The highest BCUT2D eigenvalue weighted by molar-refractivity contribution is 6.42. The molecule has 0 radical (unpaired) electrons. The van der Waals surface area contributed by atoms with E-state index in [4.69, 9.17) is 23.2 Å². The summed E-state index contributed by atoms with van der Waals surface area (Å²) in [6, 6.07) is 5.66. The molecule has 1 N–H and O–H groups in total. The third-order valence-corrected chi connectivity index (χ3v) is 5.02. The maximum atomic E-state index is 12.1. The fraction of sp³-hybridized carbons (Fsp3) is 0.562. The Balaban J connectivity index is 1.81. The first-order chi connectivity index (χ1) is 9.97. The molecule has 116 valence electrons.